The molecule has 0 spiro atoms. The Labute approximate surface area is 185 Å². The Morgan fingerprint density at radius 2 is 1.74 bits per heavy atom. The summed E-state index contributed by atoms with van der Waals surface area (Å²) in [5, 5.41) is 9.53. The van der Waals surface area contributed by atoms with E-state index in [2.05, 4.69) is 20.9 Å². The van der Waals surface area contributed by atoms with Crippen molar-refractivity contribution < 1.29 is 14.3 Å². The minimum absolute atomic E-state index is 0.0769. The molecule has 1 amide bonds. The first kappa shape index (κ1) is 24.2. The molecule has 7 heteroatoms. The number of amides is 1. The van der Waals surface area contributed by atoms with Gasteiger partial charge in [-0.1, -0.05) is 29.8 Å². The van der Waals surface area contributed by atoms with E-state index in [9.17, 15) is 4.79 Å². The summed E-state index contributed by atoms with van der Waals surface area (Å²) < 4.78 is 10.6. The van der Waals surface area contributed by atoms with Crippen LogP contribution in [0.15, 0.2) is 53.5 Å². The Kier molecular flexibility index (Phi) is 11.0. The first-order valence-electron chi connectivity index (χ1n) is 10.7. The van der Waals surface area contributed by atoms with Crippen molar-refractivity contribution in [3.05, 3.63) is 65.2 Å². The number of hydrogen-bond acceptors (Lipinski definition) is 4. The number of aliphatic imine (C=N–C) groups is 1. The predicted octanol–water partition coefficient (Wildman–Crippen LogP) is 2.90. The number of nitrogens with zero attached hydrogens (tertiary/aromatic N) is 1. The summed E-state index contributed by atoms with van der Waals surface area (Å²) >= 11 is 0. The van der Waals surface area contributed by atoms with Crippen molar-refractivity contribution >= 4 is 11.9 Å². The highest BCUT2D eigenvalue weighted by atomic mass is 16.5. The van der Waals surface area contributed by atoms with E-state index in [1.165, 1.54) is 0 Å². The van der Waals surface area contributed by atoms with Gasteiger partial charge in [0.1, 0.15) is 5.75 Å². The predicted molar refractivity (Wildman–Crippen MR) is 125 cm³/mol. The van der Waals surface area contributed by atoms with Crippen molar-refractivity contribution in [3.63, 3.8) is 0 Å². The molecule has 0 aliphatic carbocycles. The quantitative estimate of drug-likeness (QED) is 0.276. The van der Waals surface area contributed by atoms with Crippen LogP contribution in [0, 0.1) is 6.92 Å². The van der Waals surface area contributed by atoms with Gasteiger partial charge >= 0.3 is 0 Å². The van der Waals surface area contributed by atoms with Crippen molar-refractivity contribution in [1.29, 1.82) is 0 Å². The van der Waals surface area contributed by atoms with Crippen LogP contribution in [0.5, 0.6) is 5.75 Å². The van der Waals surface area contributed by atoms with Crippen LogP contribution in [0.1, 0.15) is 34.8 Å². The molecule has 0 radical (unpaired) electrons. The van der Waals surface area contributed by atoms with E-state index in [0.29, 0.717) is 37.8 Å². The van der Waals surface area contributed by atoms with Crippen LogP contribution in [-0.4, -0.2) is 51.8 Å². The Balaban J connectivity index is 1.84. The molecule has 0 saturated carbocycles. The first-order valence-corrected chi connectivity index (χ1v) is 10.7. The highest BCUT2D eigenvalue weighted by Crippen LogP contribution is 2.11. The maximum absolute atomic E-state index is 12.3. The van der Waals surface area contributed by atoms with Gasteiger partial charge in [0.25, 0.3) is 5.91 Å². The topological polar surface area (TPSA) is 84.0 Å². The third-order valence-corrected chi connectivity index (χ3v) is 4.52. The largest absolute Gasteiger partial charge is 0.497 e. The summed E-state index contributed by atoms with van der Waals surface area (Å²) in [7, 11) is 1.65. The molecule has 0 aliphatic heterocycles. The van der Waals surface area contributed by atoms with Crippen LogP contribution >= 0.6 is 0 Å². The van der Waals surface area contributed by atoms with Crippen LogP contribution in [-0.2, 0) is 11.3 Å². The van der Waals surface area contributed by atoms with E-state index in [1.807, 2.05) is 62.4 Å². The van der Waals surface area contributed by atoms with E-state index in [1.54, 1.807) is 7.11 Å². The molecule has 0 saturated heterocycles. The summed E-state index contributed by atoms with van der Waals surface area (Å²) in [4.78, 5) is 16.9. The number of carbonyl (C=O) groups is 1. The molecule has 168 valence electrons. The highest BCUT2D eigenvalue weighted by molar-refractivity contribution is 5.94. The minimum atomic E-state index is -0.0769. The van der Waals surface area contributed by atoms with Gasteiger partial charge in [-0.05, 0) is 50.1 Å². The molecular formula is C24H34N4O3. The van der Waals surface area contributed by atoms with Crippen LogP contribution in [0.3, 0.4) is 0 Å². The number of rotatable bonds is 12. The number of methoxy groups -OCH3 is 1. The molecule has 2 aromatic rings. The van der Waals surface area contributed by atoms with Crippen molar-refractivity contribution in [2.24, 2.45) is 4.99 Å². The lowest BCUT2D eigenvalue weighted by Crippen LogP contribution is -2.42. The zero-order chi connectivity index (χ0) is 22.3. The van der Waals surface area contributed by atoms with E-state index in [4.69, 9.17) is 9.47 Å². The molecule has 31 heavy (non-hydrogen) atoms. The monoisotopic (exact) mass is 426 g/mol. The Morgan fingerprint density at radius 1 is 1.00 bits per heavy atom. The molecule has 3 N–H and O–H groups in total. The van der Waals surface area contributed by atoms with Crippen LogP contribution < -0.4 is 20.7 Å². The maximum atomic E-state index is 12.3. The summed E-state index contributed by atoms with van der Waals surface area (Å²) in [5.41, 5.74) is 2.82. The molecule has 0 fully saturated rings. The van der Waals surface area contributed by atoms with Crippen molar-refractivity contribution in [3.8, 4) is 5.75 Å². The van der Waals surface area contributed by atoms with Gasteiger partial charge in [0.05, 0.1) is 13.7 Å². The fourth-order valence-electron chi connectivity index (χ4n) is 2.85. The van der Waals surface area contributed by atoms with Gasteiger partial charge in [0.15, 0.2) is 5.96 Å². The Bertz CT molecular complexity index is 822. The van der Waals surface area contributed by atoms with Gasteiger partial charge in [-0.25, -0.2) is 4.99 Å². The minimum Gasteiger partial charge on any atom is -0.497 e. The maximum Gasteiger partial charge on any atom is 0.251 e. The van der Waals surface area contributed by atoms with Gasteiger partial charge in [-0.2, -0.15) is 0 Å². The van der Waals surface area contributed by atoms with E-state index in [-0.39, 0.29) is 5.91 Å². The van der Waals surface area contributed by atoms with E-state index >= 15 is 0 Å². The molecular weight excluding hydrogens is 392 g/mol. The summed E-state index contributed by atoms with van der Waals surface area (Å²) in [6, 6.07) is 15.4. The SMILES string of the molecule is CCOCCCNC(=NCc1ccc(OC)cc1)NCCNC(=O)c1cccc(C)c1. The van der Waals surface area contributed by atoms with E-state index < -0.39 is 0 Å². The molecule has 2 aromatic carbocycles. The lowest BCUT2D eigenvalue weighted by Gasteiger charge is -2.13. The Hall–Kier alpha value is -3.06. The van der Waals surface area contributed by atoms with Crippen LogP contribution in [0.25, 0.3) is 0 Å². The number of ether oxygens (including phenoxy) is 2. The van der Waals surface area contributed by atoms with Crippen molar-refractivity contribution in [2.45, 2.75) is 26.8 Å². The molecule has 0 aliphatic rings. The fourth-order valence-corrected chi connectivity index (χ4v) is 2.85. The van der Waals surface area contributed by atoms with Crippen molar-refractivity contribution in [2.75, 3.05) is 40.0 Å². The van der Waals surface area contributed by atoms with Gasteiger partial charge in [-0.15, -0.1) is 0 Å². The fraction of sp³-hybridized carbons (Fsp3) is 0.417. The molecule has 0 atom stereocenters. The zero-order valence-corrected chi connectivity index (χ0v) is 18.7. The average molecular weight is 427 g/mol. The number of carbonyl (C=O) groups excluding carboxylic acids is 1. The highest BCUT2D eigenvalue weighted by Gasteiger charge is 2.05. The second-order valence-corrected chi connectivity index (χ2v) is 7.04. The molecule has 2 rings (SSSR count). The van der Waals surface area contributed by atoms with Crippen LogP contribution in [0.2, 0.25) is 0 Å². The normalized spacial score (nSPS) is 11.1. The van der Waals surface area contributed by atoms with Gasteiger partial charge in [0.2, 0.25) is 0 Å². The molecule has 0 bridgehead atoms. The smallest absolute Gasteiger partial charge is 0.251 e. The van der Waals surface area contributed by atoms with E-state index in [0.717, 1.165) is 36.4 Å². The third-order valence-electron chi connectivity index (χ3n) is 4.52. The van der Waals surface area contributed by atoms with Gasteiger partial charge in [-0.3, -0.25) is 4.79 Å². The molecule has 0 aromatic heterocycles. The van der Waals surface area contributed by atoms with Gasteiger partial charge < -0.3 is 25.4 Å². The summed E-state index contributed by atoms with van der Waals surface area (Å²) in [6.45, 7) is 7.75. The Morgan fingerprint density at radius 3 is 2.45 bits per heavy atom. The molecule has 7 nitrogen and oxygen atoms in total. The van der Waals surface area contributed by atoms with Gasteiger partial charge in [0, 0.05) is 38.4 Å². The summed E-state index contributed by atoms with van der Waals surface area (Å²) in [5.74, 6) is 1.45. The average Bonchev–Trinajstić information content (AvgIpc) is 2.79. The zero-order valence-electron chi connectivity index (χ0n) is 18.7. The number of guanidine groups is 1. The standard InChI is InChI=1S/C24H34N4O3/c1-4-31-16-6-13-26-24(28-18-20-9-11-22(30-3)12-10-20)27-15-14-25-23(29)21-8-5-7-19(2)17-21/h5,7-12,17H,4,6,13-16,18H2,1-3H3,(H,25,29)(H2,26,27,28). The lowest BCUT2D eigenvalue weighted by molar-refractivity contribution is 0.0954. The number of aryl methyl sites for hydroxylation is 1. The number of benzene rings is 2. The second-order valence-electron chi connectivity index (χ2n) is 7.04. The number of hydrogen-bond donors (Lipinski definition) is 3. The third kappa shape index (κ3) is 9.53. The lowest BCUT2D eigenvalue weighted by atomic mass is 10.1. The summed E-state index contributed by atoms with van der Waals surface area (Å²) in [6.07, 6.45) is 0.890. The second kappa shape index (κ2) is 14.0. The molecule has 0 heterocycles. The van der Waals surface area contributed by atoms with Crippen molar-refractivity contribution in [1.82, 2.24) is 16.0 Å². The van der Waals surface area contributed by atoms with Crippen LogP contribution in [0.4, 0.5) is 0 Å². The first-order chi connectivity index (χ1) is 15.1. The number of nitrogens with one attached hydrogen (secondary N) is 3. The molecule has 0 unspecified atom stereocenters.